The number of hydrogen-bond acceptors (Lipinski definition) is 2. The van der Waals surface area contributed by atoms with E-state index in [1.54, 1.807) is 0 Å². The van der Waals surface area contributed by atoms with Crippen LogP contribution in [0.15, 0.2) is 0 Å². The van der Waals surface area contributed by atoms with Gasteiger partial charge in [-0.1, -0.05) is 12.2 Å². The number of hydrogen-bond donors (Lipinski definition) is 1. The molecule has 0 spiro atoms. The van der Waals surface area contributed by atoms with Gasteiger partial charge < -0.3 is 5.84 Å². The number of nitrogens with two attached hydrogens (primary N) is 1. The Labute approximate surface area is 58.4 Å². The lowest BCUT2D eigenvalue weighted by molar-refractivity contribution is 0.793. The summed E-state index contributed by atoms with van der Waals surface area (Å²) >= 11 is 0. The van der Waals surface area contributed by atoms with Gasteiger partial charge in [0.25, 0.3) is 0 Å². The largest absolute Gasteiger partial charge is 0.323 e. The summed E-state index contributed by atoms with van der Waals surface area (Å²) in [6, 6.07) is 0. The van der Waals surface area contributed by atoms with Crippen molar-refractivity contribution in [2.75, 3.05) is 5.84 Å². The summed E-state index contributed by atoms with van der Waals surface area (Å²) in [6.07, 6.45) is 5.21. The Bertz CT molecular complexity index is 338. The molecule has 2 N–H and O–H groups in total. The van der Waals surface area contributed by atoms with Crippen molar-refractivity contribution < 1.29 is 0 Å². The first kappa shape index (κ1) is 5.53. The molecule has 1 aliphatic rings. The van der Waals surface area contributed by atoms with Gasteiger partial charge >= 0.3 is 0 Å². The molecule has 0 radical (unpaired) electrons. The molecule has 0 fully saturated rings. The zero-order chi connectivity index (χ0) is 7.14. The number of nitrogen functional groups attached to an aromatic ring is 1. The van der Waals surface area contributed by atoms with Gasteiger partial charge in [0.05, 0.1) is 11.0 Å². The normalized spacial score (nSPS) is 14.1. The second-order valence-electron chi connectivity index (χ2n) is 2.47. The summed E-state index contributed by atoms with van der Waals surface area (Å²) in [5, 5.41) is 6.31. The second kappa shape index (κ2) is 1.62. The lowest BCUT2D eigenvalue weighted by Gasteiger charge is -1.85. The molecular formula is C7H9N3. The molecule has 1 aromatic heterocycles. The van der Waals surface area contributed by atoms with E-state index in [0.29, 0.717) is 0 Å². The van der Waals surface area contributed by atoms with Crippen LogP contribution in [0.1, 0.15) is 12.1 Å². The van der Waals surface area contributed by atoms with Crippen LogP contribution in [-0.4, -0.2) is 9.89 Å². The summed E-state index contributed by atoms with van der Waals surface area (Å²) in [5.41, 5.74) is 1.02. The molecule has 0 unspecified atom stereocenters. The molecule has 0 aliphatic heterocycles. The van der Waals surface area contributed by atoms with Crippen LogP contribution in [-0.2, 0) is 0 Å². The Morgan fingerprint density at radius 1 is 1.60 bits per heavy atom. The topological polar surface area (TPSA) is 43.8 Å². The highest BCUT2D eigenvalue weighted by Gasteiger charge is 2.02. The van der Waals surface area contributed by atoms with E-state index in [2.05, 4.69) is 17.3 Å². The van der Waals surface area contributed by atoms with Crippen molar-refractivity contribution in [3.8, 4) is 0 Å². The fourth-order valence-corrected chi connectivity index (χ4v) is 1.32. The van der Waals surface area contributed by atoms with Gasteiger partial charge in [0, 0.05) is 5.22 Å². The first-order chi connectivity index (χ1) is 4.79. The van der Waals surface area contributed by atoms with Gasteiger partial charge in [0.2, 0.25) is 0 Å². The van der Waals surface area contributed by atoms with Crippen molar-refractivity contribution in [1.29, 1.82) is 0 Å². The first-order valence-electron chi connectivity index (χ1n) is 3.30. The standard InChI is InChI=1S/C7H9N3/c1-5-6-3-2-4-7(6)10(8)9-5/h3-4H,2,8H2,1H3. The van der Waals surface area contributed by atoms with Crippen molar-refractivity contribution in [3.05, 3.63) is 16.3 Å². The summed E-state index contributed by atoms with van der Waals surface area (Å²) < 4.78 is 0. The van der Waals surface area contributed by atoms with Crippen LogP contribution >= 0.6 is 0 Å². The van der Waals surface area contributed by atoms with Crippen molar-refractivity contribution >= 4 is 12.2 Å². The highest BCUT2D eigenvalue weighted by Crippen LogP contribution is 1.88. The number of fused-ring (bicyclic) bond motifs is 1. The Kier molecular flexibility index (Phi) is 0.897. The maximum absolute atomic E-state index is 5.55. The van der Waals surface area contributed by atoms with Crippen molar-refractivity contribution in [1.82, 2.24) is 9.89 Å². The van der Waals surface area contributed by atoms with Gasteiger partial charge in [-0.2, -0.15) is 9.89 Å². The van der Waals surface area contributed by atoms with Crippen molar-refractivity contribution in [2.45, 2.75) is 13.3 Å². The van der Waals surface area contributed by atoms with E-state index in [0.717, 1.165) is 17.5 Å². The van der Waals surface area contributed by atoms with Gasteiger partial charge in [-0.3, -0.25) is 0 Å². The molecule has 52 valence electrons. The number of aryl methyl sites for hydroxylation is 1. The molecule has 3 nitrogen and oxygen atoms in total. The minimum Gasteiger partial charge on any atom is -0.323 e. The van der Waals surface area contributed by atoms with Crippen LogP contribution in [0.4, 0.5) is 0 Å². The third-order valence-electron chi connectivity index (χ3n) is 1.80. The zero-order valence-corrected chi connectivity index (χ0v) is 5.83. The molecule has 0 bridgehead atoms. The summed E-state index contributed by atoms with van der Waals surface area (Å²) in [7, 11) is 0. The molecule has 2 rings (SSSR count). The molecule has 3 heteroatoms. The van der Waals surface area contributed by atoms with E-state index in [1.165, 1.54) is 10.0 Å². The van der Waals surface area contributed by atoms with E-state index in [4.69, 9.17) is 5.84 Å². The predicted octanol–water partition coefficient (Wildman–Crippen LogP) is -1.13. The zero-order valence-electron chi connectivity index (χ0n) is 5.83. The van der Waals surface area contributed by atoms with Gasteiger partial charge in [-0.25, -0.2) is 0 Å². The van der Waals surface area contributed by atoms with E-state index in [-0.39, 0.29) is 0 Å². The Morgan fingerprint density at radius 3 is 3.10 bits per heavy atom. The fraction of sp³-hybridized carbons (Fsp3) is 0.286. The molecule has 0 saturated carbocycles. The predicted molar refractivity (Wildman–Crippen MR) is 39.9 cm³/mol. The van der Waals surface area contributed by atoms with Crippen LogP contribution in [0.3, 0.4) is 0 Å². The highest BCUT2D eigenvalue weighted by atomic mass is 15.5. The Balaban J connectivity index is 3.00. The van der Waals surface area contributed by atoms with Crippen LogP contribution in [0.2, 0.25) is 0 Å². The third-order valence-corrected chi connectivity index (χ3v) is 1.80. The monoisotopic (exact) mass is 135 g/mol. The quantitative estimate of drug-likeness (QED) is 0.457. The van der Waals surface area contributed by atoms with Gasteiger partial charge in [0.15, 0.2) is 0 Å². The van der Waals surface area contributed by atoms with Crippen LogP contribution in [0.5, 0.6) is 0 Å². The van der Waals surface area contributed by atoms with E-state index >= 15 is 0 Å². The van der Waals surface area contributed by atoms with E-state index < -0.39 is 0 Å². The van der Waals surface area contributed by atoms with Crippen LogP contribution in [0.25, 0.3) is 12.2 Å². The average Bonchev–Trinajstić information content (AvgIpc) is 2.39. The molecular weight excluding hydrogens is 126 g/mol. The van der Waals surface area contributed by atoms with Gasteiger partial charge in [0.1, 0.15) is 0 Å². The SMILES string of the molecule is Cc1nn(N)c2c1=CCC=2. The molecule has 1 aliphatic carbocycles. The summed E-state index contributed by atoms with van der Waals surface area (Å²) in [5.74, 6) is 5.55. The number of aromatic nitrogens is 2. The van der Waals surface area contributed by atoms with Crippen molar-refractivity contribution in [2.24, 2.45) is 0 Å². The summed E-state index contributed by atoms with van der Waals surface area (Å²) in [4.78, 5) is 1.44. The minimum absolute atomic E-state index is 0.991. The van der Waals surface area contributed by atoms with Crippen molar-refractivity contribution in [3.63, 3.8) is 0 Å². The molecule has 0 aromatic carbocycles. The maximum atomic E-state index is 5.55. The lowest BCUT2D eigenvalue weighted by Crippen LogP contribution is -2.32. The van der Waals surface area contributed by atoms with Crippen LogP contribution < -0.4 is 16.4 Å². The molecule has 10 heavy (non-hydrogen) atoms. The summed E-state index contributed by atoms with van der Waals surface area (Å²) in [6.45, 7) is 1.97. The molecule has 1 heterocycles. The molecule has 0 atom stereocenters. The second-order valence-corrected chi connectivity index (χ2v) is 2.47. The number of rotatable bonds is 0. The van der Waals surface area contributed by atoms with E-state index in [1.807, 2.05) is 6.92 Å². The molecule has 1 aromatic rings. The Hall–Kier alpha value is -1.25. The number of nitrogens with zero attached hydrogens (tertiary/aromatic N) is 2. The highest BCUT2D eigenvalue weighted by molar-refractivity contribution is 5.45. The lowest BCUT2D eigenvalue weighted by atomic mass is 10.4. The maximum Gasteiger partial charge on any atom is 0.0879 e. The third kappa shape index (κ3) is 0.518. The smallest absolute Gasteiger partial charge is 0.0879 e. The van der Waals surface area contributed by atoms with E-state index in [9.17, 15) is 0 Å². The molecule has 0 amide bonds. The Morgan fingerprint density at radius 2 is 2.40 bits per heavy atom. The van der Waals surface area contributed by atoms with Gasteiger partial charge in [-0.15, -0.1) is 0 Å². The van der Waals surface area contributed by atoms with Gasteiger partial charge in [-0.05, 0) is 13.3 Å². The minimum atomic E-state index is 0.991. The first-order valence-corrected chi connectivity index (χ1v) is 3.30. The molecule has 0 saturated heterocycles. The van der Waals surface area contributed by atoms with Crippen LogP contribution in [0, 0.1) is 6.92 Å². The average molecular weight is 135 g/mol. The fourth-order valence-electron chi connectivity index (χ4n) is 1.32.